The highest BCUT2D eigenvalue weighted by molar-refractivity contribution is 5.87. The SMILES string of the molecule is CCOC(=O)c1cc(OC)n(-c2ncccn2)n1. The molecule has 0 spiro atoms. The fourth-order valence-electron chi connectivity index (χ4n) is 1.36. The van der Waals surface area contributed by atoms with Crippen LogP contribution in [0.1, 0.15) is 17.4 Å². The summed E-state index contributed by atoms with van der Waals surface area (Å²) in [6.45, 7) is 2.02. The number of hydrogen-bond donors (Lipinski definition) is 0. The number of methoxy groups -OCH3 is 1. The summed E-state index contributed by atoms with van der Waals surface area (Å²) in [4.78, 5) is 19.6. The molecule has 0 atom stereocenters. The van der Waals surface area contributed by atoms with Crippen molar-refractivity contribution in [2.75, 3.05) is 13.7 Å². The van der Waals surface area contributed by atoms with Gasteiger partial charge in [-0.15, -0.1) is 0 Å². The Hall–Kier alpha value is -2.44. The Morgan fingerprint density at radius 3 is 2.72 bits per heavy atom. The minimum absolute atomic E-state index is 0.154. The number of hydrogen-bond acceptors (Lipinski definition) is 6. The van der Waals surface area contributed by atoms with Crippen LogP contribution in [0.25, 0.3) is 5.95 Å². The van der Waals surface area contributed by atoms with Crippen LogP contribution in [0.15, 0.2) is 24.5 Å². The second kappa shape index (κ2) is 5.26. The maximum Gasteiger partial charge on any atom is 0.358 e. The quantitative estimate of drug-likeness (QED) is 0.746. The lowest BCUT2D eigenvalue weighted by Gasteiger charge is -2.02. The van der Waals surface area contributed by atoms with E-state index in [0.717, 1.165) is 0 Å². The number of rotatable bonds is 4. The molecule has 0 N–H and O–H groups in total. The molecule has 0 aromatic carbocycles. The molecule has 0 aliphatic rings. The van der Waals surface area contributed by atoms with Crippen molar-refractivity contribution in [3.8, 4) is 11.8 Å². The summed E-state index contributed by atoms with van der Waals surface area (Å²) in [5.74, 6) is 0.180. The van der Waals surface area contributed by atoms with Gasteiger partial charge in [-0.05, 0) is 13.0 Å². The molecular formula is C11H12N4O3. The van der Waals surface area contributed by atoms with Crippen LogP contribution in [0, 0.1) is 0 Å². The molecule has 7 heteroatoms. The standard InChI is InChI=1S/C11H12N4O3/c1-3-18-10(16)8-7-9(17-2)15(14-8)11-12-5-4-6-13-11/h4-7H,3H2,1-2H3. The lowest BCUT2D eigenvalue weighted by molar-refractivity contribution is 0.0519. The molecule has 18 heavy (non-hydrogen) atoms. The Balaban J connectivity index is 2.39. The minimum atomic E-state index is -0.509. The molecule has 2 aromatic heterocycles. The first kappa shape index (κ1) is 12.0. The number of nitrogens with zero attached hydrogens (tertiary/aromatic N) is 4. The number of aromatic nitrogens is 4. The molecule has 0 aliphatic carbocycles. The first-order valence-corrected chi connectivity index (χ1v) is 5.34. The van der Waals surface area contributed by atoms with Crippen molar-refractivity contribution >= 4 is 5.97 Å². The van der Waals surface area contributed by atoms with E-state index in [1.165, 1.54) is 17.9 Å². The second-order valence-corrected chi connectivity index (χ2v) is 3.25. The Bertz CT molecular complexity index is 538. The van der Waals surface area contributed by atoms with E-state index in [9.17, 15) is 4.79 Å². The molecule has 2 aromatic rings. The summed E-state index contributed by atoms with van der Waals surface area (Å²) in [5.41, 5.74) is 0.154. The minimum Gasteiger partial charge on any atom is -0.481 e. The van der Waals surface area contributed by atoms with Crippen molar-refractivity contribution in [1.29, 1.82) is 0 Å². The van der Waals surface area contributed by atoms with E-state index in [2.05, 4.69) is 15.1 Å². The van der Waals surface area contributed by atoms with E-state index in [1.54, 1.807) is 25.4 Å². The highest BCUT2D eigenvalue weighted by atomic mass is 16.5. The average Bonchev–Trinajstić information content (AvgIpc) is 2.84. The third-order valence-electron chi connectivity index (χ3n) is 2.11. The summed E-state index contributed by atoms with van der Waals surface area (Å²) < 4.78 is 11.3. The second-order valence-electron chi connectivity index (χ2n) is 3.25. The van der Waals surface area contributed by atoms with Gasteiger partial charge in [0.05, 0.1) is 13.7 Å². The molecule has 7 nitrogen and oxygen atoms in total. The van der Waals surface area contributed by atoms with Crippen molar-refractivity contribution in [1.82, 2.24) is 19.7 Å². The summed E-state index contributed by atoms with van der Waals surface area (Å²) >= 11 is 0. The van der Waals surface area contributed by atoms with Gasteiger partial charge >= 0.3 is 5.97 Å². The Kier molecular flexibility index (Phi) is 3.52. The van der Waals surface area contributed by atoms with Gasteiger partial charge in [0.1, 0.15) is 0 Å². The number of carbonyl (C=O) groups excluding carboxylic acids is 1. The first-order valence-electron chi connectivity index (χ1n) is 5.34. The largest absolute Gasteiger partial charge is 0.481 e. The molecule has 2 heterocycles. The predicted octanol–water partition coefficient (Wildman–Crippen LogP) is 0.848. The van der Waals surface area contributed by atoms with Gasteiger partial charge < -0.3 is 9.47 Å². The van der Waals surface area contributed by atoms with Crippen molar-refractivity contribution < 1.29 is 14.3 Å². The lowest BCUT2D eigenvalue weighted by atomic mass is 10.4. The van der Waals surface area contributed by atoms with Crippen LogP contribution in [0.4, 0.5) is 0 Å². The molecule has 0 bridgehead atoms. The van der Waals surface area contributed by atoms with Gasteiger partial charge in [0.25, 0.3) is 5.95 Å². The molecule has 0 saturated heterocycles. The highest BCUT2D eigenvalue weighted by Crippen LogP contribution is 2.16. The number of esters is 1. The van der Waals surface area contributed by atoms with Crippen LogP contribution in [-0.2, 0) is 4.74 Å². The molecule has 0 amide bonds. The number of carbonyl (C=O) groups is 1. The van der Waals surface area contributed by atoms with Gasteiger partial charge in [0.2, 0.25) is 5.88 Å². The maximum atomic E-state index is 11.6. The van der Waals surface area contributed by atoms with Crippen molar-refractivity contribution in [3.05, 3.63) is 30.2 Å². The van der Waals surface area contributed by atoms with Crippen LogP contribution >= 0.6 is 0 Å². The van der Waals surface area contributed by atoms with E-state index in [0.29, 0.717) is 11.8 Å². The summed E-state index contributed by atoms with van der Waals surface area (Å²) in [7, 11) is 1.48. The summed E-state index contributed by atoms with van der Waals surface area (Å²) in [6.07, 6.45) is 3.15. The molecule has 94 valence electrons. The van der Waals surface area contributed by atoms with Crippen LogP contribution < -0.4 is 4.74 Å². The number of ether oxygens (including phenoxy) is 2. The fraction of sp³-hybridized carbons (Fsp3) is 0.273. The fourth-order valence-corrected chi connectivity index (χ4v) is 1.36. The smallest absolute Gasteiger partial charge is 0.358 e. The average molecular weight is 248 g/mol. The van der Waals surface area contributed by atoms with Gasteiger partial charge in [0.15, 0.2) is 5.69 Å². The third kappa shape index (κ3) is 2.29. The molecule has 0 unspecified atom stereocenters. The van der Waals surface area contributed by atoms with E-state index < -0.39 is 5.97 Å². The molecule has 0 radical (unpaired) electrons. The van der Waals surface area contributed by atoms with Crippen molar-refractivity contribution in [2.24, 2.45) is 0 Å². The highest BCUT2D eigenvalue weighted by Gasteiger charge is 2.17. The van der Waals surface area contributed by atoms with E-state index >= 15 is 0 Å². The normalized spacial score (nSPS) is 10.1. The van der Waals surface area contributed by atoms with E-state index in [1.807, 2.05) is 0 Å². The van der Waals surface area contributed by atoms with Gasteiger partial charge in [0, 0.05) is 18.5 Å². The Morgan fingerprint density at radius 1 is 1.39 bits per heavy atom. The first-order chi connectivity index (χ1) is 8.76. The molecule has 0 aliphatic heterocycles. The summed E-state index contributed by atoms with van der Waals surface area (Å²) in [5, 5.41) is 4.06. The van der Waals surface area contributed by atoms with Gasteiger partial charge in [-0.25, -0.2) is 14.8 Å². The maximum absolute atomic E-state index is 11.6. The zero-order valence-electron chi connectivity index (χ0n) is 10.0. The van der Waals surface area contributed by atoms with Crippen molar-refractivity contribution in [3.63, 3.8) is 0 Å². The van der Waals surface area contributed by atoms with Crippen LogP contribution in [0.2, 0.25) is 0 Å². The van der Waals surface area contributed by atoms with Crippen LogP contribution in [0.3, 0.4) is 0 Å². The van der Waals surface area contributed by atoms with Gasteiger partial charge in [-0.2, -0.15) is 9.78 Å². The van der Waals surface area contributed by atoms with Gasteiger partial charge in [-0.3, -0.25) is 0 Å². The zero-order valence-corrected chi connectivity index (χ0v) is 10.0. The van der Waals surface area contributed by atoms with Crippen LogP contribution in [-0.4, -0.2) is 39.4 Å². The monoisotopic (exact) mass is 248 g/mol. The Labute approximate surface area is 103 Å². The van der Waals surface area contributed by atoms with Gasteiger partial charge in [-0.1, -0.05) is 0 Å². The molecule has 2 rings (SSSR count). The lowest BCUT2D eigenvalue weighted by Crippen LogP contribution is -2.08. The molecular weight excluding hydrogens is 236 g/mol. The Morgan fingerprint density at radius 2 is 2.11 bits per heavy atom. The van der Waals surface area contributed by atoms with Crippen LogP contribution in [0.5, 0.6) is 5.88 Å². The van der Waals surface area contributed by atoms with Crippen molar-refractivity contribution in [2.45, 2.75) is 6.92 Å². The topological polar surface area (TPSA) is 79.1 Å². The molecule has 0 saturated carbocycles. The van der Waals surface area contributed by atoms with E-state index in [-0.39, 0.29) is 12.3 Å². The predicted molar refractivity (Wildman–Crippen MR) is 61.7 cm³/mol. The van der Waals surface area contributed by atoms with E-state index in [4.69, 9.17) is 9.47 Å². The molecule has 0 fully saturated rings. The zero-order chi connectivity index (χ0) is 13.0. The third-order valence-corrected chi connectivity index (χ3v) is 2.11. The summed E-state index contributed by atoms with van der Waals surface area (Å²) in [6, 6.07) is 3.17.